The summed E-state index contributed by atoms with van der Waals surface area (Å²) in [6.07, 6.45) is 3.10. The fourth-order valence-electron chi connectivity index (χ4n) is 1.68. The molecule has 1 N–H and O–H groups in total. The Morgan fingerprint density at radius 3 is 2.86 bits per heavy atom. The Morgan fingerprint density at radius 2 is 2.29 bits per heavy atom. The normalized spacial score (nSPS) is 25.5. The van der Waals surface area contributed by atoms with Crippen LogP contribution in [0.25, 0.3) is 0 Å². The first kappa shape index (κ1) is 9.34. The van der Waals surface area contributed by atoms with Gasteiger partial charge < -0.3 is 5.11 Å². The van der Waals surface area contributed by atoms with Crippen LogP contribution in [0.3, 0.4) is 0 Å². The van der Waals surface area contributed by atoms with Crippen molar-refractivity contribution < 1.29 is 9.90 Å². The van der Waals surface area contributed by atoms with Crippen molar-refractivity contribution in [1.29, 1.82) is 0 Å². The van der Waals surface area contributed by atoms with Gasteiger partial charge in [0.15, 0.2) is 0 Å². The summed E-state index contributed by atoms with van der Waals surface area (Å²) in [7, 11) is 0. The van der Waals surface area contributed by atoms with Gasteiger partial charge in [-0.3, -0.25) is 9.78 Å². The number of ketones is 1. The SMILES string of the molecule is O=C(Cc1ccccn1)C1CC(O)C1. The van der Waals surface area contributed by atoms with E-state index in [2.05, 4.69) is 4.98 Å². The van der Waals surface area contributed by atoms with E-state index in [1.54, 1.807) is 6.20 Å². The van der Waals surface area contributed by atoms with Gasteiger partial charge in [0.25, 0.3) is 0 Å². The number of pyridine rings is 1. The molecule has 2 rings (SSSR count). The molecule has 14 heavy (non-hydrogen) atoms. The van der Waals surface area contributed by atoms with Crippen LogP contribution in [0, 0.1) is 5.92 Å². The predicted molar refractivity (Wildman–Crippen MR) is 51.7 cm³/mol. The highest BCUT2D eigenvalue weighted by Crippen LogP contribution is 2.28. The van der Waals surface area contributed by atoms with E-state index in [-0.39, 0.29) is 17.8 Å². The number of Topliss-reactive ketones (excluding diaryl/α,β-unsaturated/α-hetero) is 1. The molecule has 0 bridgehead atoms. The zero-order valence-electron chi connectivity index (χ0n) is 7.89. The second kappa shape index (κ2) is 3.88. The second-order valence-corrected chi connectivity index (χ2v) is 3.79. The Bertz CT molecular complexity index is 317. The summed E-state index contributed by atoms with van der Waals surface area (Å²) < 4.78 is 0. The Kier molecular flexibility index (Phi) is 2.59. The van der Waals surface area contributed by atoms with Crippen LogP contribution in [-0.2, 0) is 11.2 Å². The zero-order valence-corrected chi connectivity index (χ0v) is 7.89. The fourth-order valence-corrected chi connectivity index (χ4v) is 1.68. The summed E-state index contributed by atoms with van der Waals surface area (Å²) in [5.41, 5.74) is 0.818. The number of aromatic nitrogens is 1. The number of hydrogen-bond acceptors (Lipinski definition) is 3. The number of nitrogens with zero attached hydrogens (tertiary/aromatic N) is 1. The molecular formula is C11H13NO2. The largest absolute Gasteiger partial charge is 0.393 e. The van der Waals surface area contributed by atoms with Gasteiger partial charge in [-0.15, -0.1) is 0 Å². The van der Waals surface area contributed by atoms with Gasteiger partial charge in [0.2, 0.25) is 0 Å². The van der Waals surface area contributed by atoms with Crippen molar-refractivity contribution in [3.8, 4) is 0 Å². The van der Waals surface area contributed by atoms with Gasteiger partial charge in [0, 0.05) is 24.2 Å². The molecule has 0 radical (unpaired) electrons. The number of aliphatic hydroxyl groups excluding tert-OH is 1. The second-order valence-electron chi connectivity index (χ2n) is 3.79. The van der Waals surface area contributed by atoms with Crippen LogP contribution in [0.5, 0.6) is 0 Å². The summed E-state index contributed by atoms with van der Waals surface area (Å²) >= 11 is 0. The number of rotatable bonds is 3. The van der Waals surface area contributed by atoms with E-state index >= 15 is 0 Å². The van der Waals surface area contributed by atoms with Gasteiger partial charge in [0.1, 0.15) is 5.78 Å². The molecule has 0 amide bonds. The van der Waals surface area contributed by atoms with Crippen LogP contribution in [-0.4, -0.2) is 22.0 Å². The highest BCUT2D eigenvalue weighted by atomic mass is 16.3. The van der Waals surface area contributed by atoms with Crippen molar-refractivity contribution in [1.82, 2.24) is 4.98 Å². The third kappa shape index (κ3) is 1.99. The summed E-state index contributed by atoms with van der Waals surface area (Å²) in [6, 6.07) is 5.57. The molecule has 0 atom stereocenters. The molecule has 1 heterocycles. The molecule has 1 aliphatic rings. The lowest BCUT2D eigenvalue weighted by Gasteiger charge is -2.29. The minimum atomic E-state index is -0.257. The lowest BCUT2D eigenvalue weighted by molar-refractivity contribution is -0.128. The molecule has 1 aromatic rings. The third-order valence-corrected chi connectivity index (χ3v) is 2.65. The Morgan fingerprint density at radius 1 is 1.50 bits per heavy atom. The quantitative estimate of drug-likeness (QED) is 0.774. The van der Waals surface area contributed by atoms with Crippen molar-refractivity contribution in [2.75, 3.05) is 0 Å². The molecular weight excluding hydrogens is 178 g/mol. The number of carbonyl (C=O) groups is 1. The molecule has 0 unspecified atom stereocenters. The minimum absolute atomic E-state index is 0.0620. The maximum atomic E-state index is 11.6. The lowest BCUT2D eigenvalue weighted by atomic mass is 9.78. The maximum Gasteiger partial charge on any atom is 0.142 e. The molecule has 1 saturated carbocycles. The fraction of sp³-hybridized carbons (Fsp3) is 0.455. The van der Waals surface area contributed by atoms with E-state index in [1.165, 1.54) is 0 Å². The first-order valence-electron chi connectivity index (χ1n) is 4.86. The van der Waals surface area contributed by atoms with Gasteiger partial charge in [0.05, 0.1) is 6.10 Å². The first-order valence-corrected chi connectivity index (χ1v) is 4.86. The van der Waals surface area contributed by atoms with Crippen LogP contribution in [0.15, 0.2) is 24.4 Å². The monoisotopic (exact) mass is 191 g/mol. The van der Waals surface area contributed by atoms with E-state index in [0.29, 0.717) is 19.3 Å². The van der Waals surface area contributed by atoms with Crippen molar-refractivity contribution >= 4 is 5.78 Å². The number of carbonyl (C=O) groups excluding carboxylic acids is 1. The van der Waals surface area contributed by atoms with Gasteiger partial charge >= 0.3 is 0 Å². The van der Waals surface area contributed by atoms with Gasteiger partial charge in [-0.25, -0.2) is 0 Å². The van der Waals surface area contributed by atoms with Crippen LogP contribution in [0.1, 0.15) is 18.5 Å². The minimum Gasteiger partial charge on any atom is -0.393 e. The van der Waals surface area contributed by atoms with Crippen LogP contribution < -0.4 is 0 Å². The molecule has 74 valence electrons. The molecule has 0 saturated heterocycles. The van der Waals surface area contributed by atoms with Crippen LogP contribution >= 0.6 is 0 Å². The van der Waals surface area contributed by atoms with E-state index in [4.69, 9.17) is 5.11 Å². The summed E-state index contributed by atoms with van der Waals surface area (Å²) in [5.74, 6) is 0.265. The predicted octanol–water partition coefficient (Wildman–Crippen LogP) is 0.964. The Hall–Kier alpha value is -1.22. The average molecular weight is 191 g/mol. The Balaban J connectivity index is 1.89. The third-order valence-electron chi connectivity index (χ3n) is 2.65. The molecule has 3 heteroatoms. The van der Waals surface area contributed by atoms with E-state index in [9.17, 15) is 4.79 Å². The van der Waals surface area contributed by atoms with Crippen LogP contribution in [0.4, 0.5) is 0 Å². The number of hydrogen-bond donors (Lipinski definition) is 1. The standard InChI is InChI=1S/C11H13NO2/c13-10-5-8(6-10)11(14)7-9-3-1-2-4-12-9/h1-4,8,10,13H,5-7H2. The topological polar surface area (TPSA) is 50.2 Å². The zero-order chi connectivity index (χ0) is 9.97. The summed E-state index contributed by atoms with van der Waals surface area (Å²) in [6.45, 7) is 0. The van der Waals surface area contributed by atoms with Crippen molar-refractivity contribution in [2.24, 2.45) is 5.92 Å². The van der Waals surface area contributed by atoms with Crippen molar-refractivity contribution in [3.05, 3.63) is 30.1 Å². The molecule has 1 fully saturated rings. The molecule has 1 aromatic heterocycles. The highest BCUT2D eigenvalue weighted by molar-refractivity contribution is 5.83. The molecule has 1 aliphatic carbocycles. The average Bonchev–Trinajstić information content (AvgIpc) is 2.14. The van der Waals surface area contributed by atoms with Gasteiger partial charge in [-0.05, 0) is 25.0 Å². The van der Waals surface area contributed by atoms with Crippen LogP contribution in [0.2, 0.25) is 0 Å². The smallest absolute Gasteiger partial charge is 0.142 e. The maximum absolute atomic E-state index is 11.6. The summed E-state index contributed by atoms with van der Waals surface area (Å²) in [5, 5.41) is 9.07. The van der Waals surface area contributed by atoms with Gasteiger partial charge in [-0.1, -0.05) is 6.07 Å². The summed E-state index contributed by atoms with van der Waals surface area (Å²) in [4.78, 5) is 15.7. The lowest BCUT2D eigenvalue weighted by Crippen LogP contribution is -2.35. The molecule has 0 aromatic carbocycles. The van der Waals surface area contributed by atoms with E-state index < -0.39 is 0 Å². The van der Waals surface area contributed by atoms with Gasteiger partial charge in [-0.2, -0.15) is 0 Å². The molecule has 0 aliphatic heterocycles. The number of aliphatic hydroxyl groups is 1. The van der Waals surface area contributed by atoms with Crippen molar-refractivity contribution in [2.45, 2.75) is 25.4 Å². The van der Waals surface area contributed by atoms with Crippen molar-refractivity contribution in [3.63, 3.8) is 0 Å². The highest BCUT2D eigenvalue weighted by Gasteiger charge is 2.32. The van der Waals surface area contributed by atoms with E-state index in [0.717, 1.165) is 5.69 Å². The molecule has 3 nitrogen and oxygen atoms in total. The van der Waals surface area contributed by atoms with E-state index in [1.807, 2.05) is 18.2 Å². The Labute approximate surface area is 82.8 Å². The molecule has 0 spiro atoms. The first-order chi connectivity index (χ1) is 6.75.